The van der Waals surface area contributed by atoms with E-state index in [-0.39, 0.29) is 0 Å². The van der Waals surface area contributed by atoms with Crippen molar-refractivity contribution < 1.29 is 0 Å². The highest BCUT2D eigenvalue weighted by Gasteiger charge is 2.20. The van der Waals surface area contributed by atoms with Gasteiger partial charge in [-0.3, -0.25) is 0 Å². The standard InChI is InChI=1S/C47H33N3/c1-29-15-20-42-37(23-29)38-27-41-40-26-33(18-22-46(40)49(34-11-3-2-4-12-34)47(41)28-43(38)48-42)32-17-21-45-39(25-32)36-13-7-8-14-44(36)50(45)35-19-16-30-9-5-6-10-31(30)24-35/h2-22,24-29,48H,23H2,1H3. The minimum absolute atomic E-state index is 0.538. The van der Waals surface area contributed by atoms with Crippen LogP contribution in [0.4, 0.5) is 0 Å². The van der Waals surface area contributed by atoms with Crippen LogP contribution in [0.3, 0.4) is 0 Å². The summed E-state index contributed by atoms with van der Waals surface area (Å²) >= 11 is 0. The molecule has 0 amide bonds. The summed E-state index contributed by atoms with van der Waals surface area (Å²) < 4.78 is 4.84. The fourth-order valence-corrected chi connectivity index (χ4v) is 8.58. The zero-order chi connectivity index (χ0) is 32.9. The number of benzene rings is 7. The van der Waals surface area contributed by atoms with Gasteiger partial charge >= 0.3 is 0 Å². The van der Waals surface area contributed by atoms with E-state index in [1.54, 1.807) is 0 Å². The van der Waals surface area contributed by atoms with Crippen molar-refractivity contribution in [2.75, 3.05) is 0 Å². The van der Waals surface area contributed by atoms with Gasteiger partial charge in [-0.15, -0.1) is 0 Å². The van der Waals surface area contributed by atoms with Gasteiger partial charge in [-0.05, 0) is 113 Å². The maximum atomic E-state index is 3.74. The first-order chi connectivity index (χ1) is 24.7. The lowest BCUT2D eigenvalue weighted by Gasteiger charge is -2.12. The van der Waals surface area contributed by atoms with E-state index in [2.05, 4.69) is 179 Å². The average Bonchev–Trinajstić information content (AvgIpc) is 3.80. The maximum absolute atomic E-state index is 3.74. The van der Waals surface area contributed by atoms with E-state index >= 15 is 0 Å². The highest BCUT2D eigenvalue weighted by atomic mass is 15.0. The van der Waals surface area contributed by atoms with Crippen LogP contribution in [0.15, 0.2) is 152 Å². The number of aromatic amines is 1. The molecule has 0 saturated carbocycles. The van der Waals surface area contributed by atoms with Gasteiger partial charge in [-0.2, -0.15) is 0 Å². The van der Waals surface area contributed by atoms with Gasteiger partial charge in [0, 0.05) is 49.5 Å². The van der Waals surface area contributed by atoms with E-state index in [0.717, 1.165) is 6.42 Å². The van der Waals surface area contributed by atoms with Gasteiger partial charge in [0.2, 0.25) is 0 Å². The summed E-state index contributed by atoms with van der Waals surface area (Å²) in [6.45, 7) is 2.31. The number of allylic oxidation sites excluding steroid dienone is 1. The zero-order valence-electron chi connectivity index (χ0n) is 27.7. The summed E-state index contributed by atoms with van der Waals surface area (Å²) in [7, 11) is 0. The van der Waals surface area contributed by atoms with Gasteiger partial charge in [0.05, 0.1) is 22.1 Å². The second kappa shape index (κ2) is 10.3. The Morgan fingerprint density at radius 1 is 0.500 bits per heavy atom. The fraction of sp³-hybridized carbons (Fsp3) is 0.0638. The lowest BCUT2D eigenvalue weighted by molar-refractivity contribution is 0.720. The van der Waals surface area contributed by atoms with Crippen molar-refractivity contribution in [2.24, 2.45) is 5.92 Å². The number of nitrogens with one attached hydrogen (secondary N) is 1. The molecule has 0 aliphatic heterocycles. The van der Waals surface area contributed by atoms with Crippen LogP contribution in [0.2, 0.25) is 0 Å². The molecule has 3 heteroatoms. The Bertz CT molecular complexity index is 3020. The number of rotatable bonds is 3. The minimum atomic E-state index is 0.538. The van der Waals surface area contributed by atoms with Gasteiger partial charge in [-0.25, -0.2) is 0 Å². The number of nitrogens with zero attached hydrogens (tertiary/aromatic N) is 2. The smallest absolute Gasteiger partial charge is 0.0562 e. The summed E-state index contributed by atoms with van der Waals surface area (Å²) in [6.07, 6.45) is 5.65. The quantitative estimate of drug-likeness (QED) is 0.199. The summed E-state index contributed by atoms with van der Waals surface area (Å²) in [6, 6.07) is 53.8. The maximum Gasteiger partial charge on any atom is 0.0562 e. The second-order valence-electron chi connectivity index (χ2n) is 14.0. The first kappa shape index (κ1) is 27.6. The molecule has 0 saturated heterocycles. The predicted molar refractivity (Wildman–Crippen MR) is 212 cm³/mol. The van der Waals surface area contributed by atoms with Crippen LogP contribution >= 0.6 is 0 Å². The average molecular weight is 640 g/mol. The highest BCUT2D eigenvalue weighted by Crippen LogP contribution is 2.41. The molecular formula is C47H33N3. The Hall–Kier alpha value is -6.32. The van der Waals surface area contributed by atoms with Gasteiger partial charge in [0.25, 0.3) is 0 Å². The van der Waals surface area contributed by atoms with Crippen LogP contribution in [-0.2, 0) is 6.42 Å². The largest absolute Gasteiger partial charge is 0.355 e. The third-order valence-electron chi connectivity index (χ3n) is 11.0. The molecule has 1 aliphatic rings. The second-order valence-corrected chi connectivity index (χ2v) is 14.0. The van der Waals surface area contributed by atoms with Crippen molar-refractivity contribution in [2.45, 2.75) is 13.3 Å². The molecule has 0 radical (unpaired) electrons. The normalized spacial score (nSPS) is 14.5. The van der Waals surface area contributed by atoms with E-state index in [1.807, 2.05) is 0 Å². The Labute approximate surface area is 289 Å². The van der Waals surface area contributed by atoms with Gasteiger partial charge in [0.1, 0.15) is 0 Å². The van der Waals surface area contributed by atoms with Crippen molar-refractivity contribution in [1.29, 1.82) is 0 Å². The van der Waals surface area contributed by atoms with Crippen molar-refractivity contribution in [3.63, 3.8) is 0 Å². The van der Waals surface area contributed by atoms with Crippen LogP contribution in [0.25, 0.3) is 93.9 Å². The molecule has 11 rings (SSSR count). The van der Waals surface area contributed by atoms with Crippen molar-refractivity contribution in [3.8, 4) is 22.5 Å². The fourth-order valence-electron chi connectivity index (χ4n) is 8.58. The van der Waals surface area contributed by atoms with E-state index < -0.39 is 0 Å². The van der Waals surface area contributed by atoms with Gasteiger partial charge in [0.15, 0.2) is 0 Å². The van der Waals surface area contributed by atoms with Crippen molar-refractivity contribution >= 4 is 71.4 Å². The molecular weight excluding hydrogens is 607 g/mol. The number of fused-ring (bicyclic) bond motifs is 10. The molecule has 7 aromatic carbocycles. The monoisotopic (exact) mass is 639 g/mol. The number of hydrogen-bond donors (Lipinski definition) is 1. The first-order valence-electron chi connectivity index (χ1n) is 17.6. The molecule has 0 bridgehead atoms. The third-order valence-corrected chi connectivity index (χ3v) is 11.0. The lowest BCUT2D eigenvalue weighted by atomic mass is 9.93. The molecule has 0 spiro atoms. The van der Waals surface area contributed by atoms with E-state index in [0.29, 0.717) is 5.92 Å². The minimum Gasteiger partial charge on any atom is -0.355 e. The molecule has 1 atom stereocenters. The Morgan fingerprint density at radius 3 is 1.98 bits per heavy atom. The van der Waals surface area contributed by atoms with Crippen LogP contribution < -0.4 is 0 Å². The lowest BCUT2D eigenvalue weighted by Crippen LogP contribution is -2.01. The molecule has 3 aromatic heterocycles. The zero-order valence-corrected chi connectivity index (χ0v) is 27.7. The molecule has 0 fully saturated rings. The number of H-pyrrole nitrogens is 1. The van der Waals surface area contributed by atoms with Crippen LogP contribution in [-0.4, -0.2) is 14.1 Å². The number of para-hydroxylation sites is 2. The predicted octanol–water partition coefficient (Wildman–Crippen LogP) is 12.4. The molecule has 50 heavy (non-hydrogen) atoms. The van der Waals surface area contributed by atoms with Gasteiger partial charge < -0.3 is 14.1 Å². The summed E-state index contributed by atoms with van der Waals surface area (Å²) in [5.41, 5.74) is 13.6. The molecule has 236 valence electrons. The van der Waals surface area contributed by atoms with Crippen LogP contribution in [0, 0.1) is 5.92 Å². The Balaban J connectivity index is 1.14. The summed E-state index contributed by atoms with van der Waals surface area (Å²) in [4.78, 5) is 3.74. The van der Waals surface area contributed by atoms with Crippen molar-refractivity contribution in [3.05, 3.63) is 163 Å². The molecule has 1 unspecified atom stereocenters. The Morgan fingerprint density at radius 2 is 1.16 bits per heavy atom. The molecule has 3 nitrogen and oxygen atoms in total. The van der Waals surface area contributed by atoms with Crippen molar-refractivity contribution in [1.82, 2.24) is 14.1 Å². The number of hydrogen-bond acceptors (Lipinski definition) is 0. The van der Waals surface area contributed by atoms with E-state index in [9.17, 15) is 0 Å². The van der Waals surface area contributed by atoms with Gasteiger partial charge in [-0.1, -0.05) is 91.9 Å². The molecule has 1 N–H and O–H groups in total. The third kappa shape index (κ3) is 3.98. The van der Waals surface area contributed by atoms with Crippen LogP contribution in [0.5, 0.6) is 0 Å². The topological polar surface area (TPSA) is 25.6 Å². The van der Waals surface area contributed by atoms with E-state index in [4.69, 9.17) is 0 Å². The molecule has 10 aromatic rings. The first-order valence-corrected chi connectivity index (χ1v) is 17.6. The summed E-state index contributed by atoms with van der Waals surface area (Å²) in [5, 5.41) is 8.94. The summed E-state index contributed by atoms with van der Waals surface area (Å²) in [5.74, 6) is 0.538. The number of aromatic nitrogens is 3. The molecule has 1 aliphatic carbocycles. The molecule has 3 heterocycles. The Kier molecular flexibility index (Phi) is 5.71. The van der Waals surface area contributed by atoms with Crippen LogP contribution in [0.1, 0.15) is 18.2 Å². The SMILES string of the molecule is CC1C=Cc2[nH]c3cc4c(cc3c2C1)c1cc(-c2ccc3c(c2)c2ccccc2n3-c2ccc3ccccc3c2)ccc1n4-c1ccccc1. The highest BCUT2D eigenvalue weighted by molar-refractivity contribution is 6.15. The van der Waals surface area contributed by atoms with E-state index in [1.165, 1.54) is 99.0 Å².